The van der Waals surface area contributed by atoms with Gasteiger partial charge in [-0.2, -0.15) is 0 Å². The summed E-state index contributed by atoms with van der Waals surface area (Å²) in [5.41, 5.74) is 1.42. The predicted molar refractivity (Wildman–Crippen MR) is 63.1 cm³/mol. The quantitative estimate of drug-likeness (QED) is 0.888. The molecule has 1 atom stereocenters. The van der Waals surface area contributed by atoms with E-state index in [9.17, 15) is 4.39 Å². The van der Waals surface area contributed by atoms with Gasteiger partial charge in [0.2, 0.25) is 0 Å². The van der Waals surface area contributed by atoms with Crippen molar-refractivity contribution in [1.29, 1.82) is 0 Å². The molecule has 1 saturated carbocycles. The molecule has 3 heteroatoms. The molecule has 0 aliphatic heterocycles. The molecule has 1 aliphatic carbocycles. The van der Waals surface area contributed by atoms with Gasteiger partial charge in [-0.1, -0.05) is 19.9 Å². The minimum absolute atomic E-state index is 0.190. The molecule has 1 nitrogen and oxygen atoms in total. The van der Waals surface area contributed by atoms with Crippen molar-refractivity contribution in [1.82, 2.24) is 5.32 Å². The van der Waals surface area contributed by atoms with Gasteiger partial charge in [-0.3, -0.25) is 0 Å². The molecule has 0 spiro atoms. The Morgan fingerprint density at radius 1 is 1.53 bits per heavy atom. The zero-order valence-corrected chi connectivity index (χ0v) is 10.6. The maximum Gasteiger partial charge on any atom is 0.137 e. The number of rotatable bonds is 3. The average Bonchev–Trinajstić information content (AvgIpc) is 2.77. The van der Waals surface area contributed by atoms with Crippen molar-refractivity contribution in [3.8, 4) is 0 Å². The van der Waals surface area contributed by atoms with Crippen LogP contribution in [0, 0.1) is 11.2 Å². The molecule has 15 heavy (non-hydrogen) atoms. The number of nitrogens with one attached hydrogen (secondary N) is 1. The van der Waals surface area contributed by atoms with Crippen LogP contribution in [0.3, 0.4) is 0 Å². The Balaban J connectivity index is 1.92. The zero-order chi connectivity index (χ0) is 11.1. The summed E-state index contributed by atoms with van der Waals surface area (Å²) in [6, 6.07) is 5.86. The number of halogens is 2. The van der Waals surface area contributed by atoms with Crippen LogP contribution in [-0.4, -0.2) is 6.04 Å². The normalized spacial score (nSPS) is 22.8. The summed E-state index contributed by atoms with van der Waals surface area (Å²) in [6.45, 7) is 5.23. The Morgan fingerprint density at radius 3 is 2.73 bits per heavy atom. The molecule has 0 radical (unpaired) electrons. The molecule has 0 bridgehead atoms. The fourth-order valence-corrected chi connectivity index (χ4v) is 1.95. The molecule has 1 N–H and O–H groups in total. The van der Waals surface area contributed by atoms with Crippen LogP contribution in [0.15, 0.2) is 22.7 Å². The van der Waals surface area contributed by atoms with Crippen LogP contribution in [0.2, 0.25) is 0 Å². The van der Waals surface area contributed by atoms with E-state index < -0.39 is 0 Å². The summed E-state index contributed by atoms with van der Waals surface area (Å²) in [5.74, 6) is -0.190. The van der Waals surface area contributed by atoms with Crippen molar-refractivity contribution < 1.29 is 4.39 Å². The monoisotopic (exact) mass is 271 g/mol. The largest absolute Gasteiger partial charge is 0.309 e. The van der Waals surface area contributed by atoms with E-state index in [0.29, 0.717) is 15.9 Å². The molecule has 1 aromatic rings. The van der Waals surface area contributed by atoms with Gasteiger partial charge < -0.3 is 5.32 Å². The third-order valence-electron chi connectivity index (χ3n) is 3.05. The first-order valence-corrected chi connectivity index (χ1v) is 5.96. The van der Waals surface area contributed by atoms with Gasteiger partial charge in [0.05, 0.1) is 4.47 Å². The van der Waals surface area contributed by atoms with Crippen LogP contribution in [0.1, 0.15) is 25.8 Å². The topological polar surface area (TPSA) is 12.0 Å². The summed E-state index contributed by atoms with van der Waals surface area (Å²) in [6.07, 6.45) is 1.21. The van der Waals surface area contributed by atoms with Gasteiger partial charge >= 0.3 is 0 Å². The van der Waals surface area contributed by atoms with Crippen molar-refractivity contribution in [2.75, 3.05) is 0 Å². The van der Waals surface area contributed by atoms with Gasteiger partial charge in [0.1, 0.15) is 5.82 Å². The molecule has 82 valence electrons. The van der Waals surface area contributed by atoms with E-state index in [1.54, 1.807) is 12.1 Å². The third kappa shape index (κ3) is 2.58. The lowest BCUT2D eigenvalue weighted by Crippen LogP contribution is -2.19. The lowest BCUT2D eigenvalue weighted by atomic mass is 10.2. The highest BCUT2D eigenvalue weighted by Gasteiger charge is 2.44. The van der Waals surface area contributed by atoms with Gasteiger partial charge in [-0.05, 0) is 45.5 Å². The molecule has 0 heterocycles. The molecular weight excluding hydrogens is 257 g/mol. The van der Waals surface area contributed by atoms with Crippen LogP contribution in [0.5, 0.6) is 0 Å². The van der Waals surface area contributed by atoms with E-state index in [-0.39, 0.29) is 5.82 Å². The summed E-state index contributed by atoms with van der Waals surface area (Å²) in [7, 11) is 0. The van der Waals surface area contributed by atoms with Crippen LogP contribution in [0.4, 0.5) is 4.39 Å². The molecule has 0 amide bonds. The van der Waals surface area contributed by atoms with E-state index in [1.165, 1.54) is 6.42 Å². The van der Waals surface area contributed by atoms with E-state index in [0.717, 1.165) is 12.1 Å². The molecule has 1 aliphatic rings. The van der Waals surface area contributed by atoms with Gasteiger partial charge in [-0.15, -0.1) is 0 Å². The highest BCUT2D eigenvalue weighted by molar-refractivity contribution is 9.10. The van der Waals surface area contributed by atoms with E-state index >= 15 is 0 Å². The van der Waals surface area contributed by atoms with Crippen molar-refractivity contribution in [3.05, 3.63) is 34.1 Å². The first-order chi connectivity index (χ1) is 6.99. The second-order valence-corrected chi connectivity index (χ2v) is 5.73. The Hall–Kier alpha value is -0.410. The molecule has 0 aromatic heterocycles. The maximum atomic E-state index is 13.2. The summed E-state index contributed by atoms with van der Waals surface area (Å²) in [5, 5.41) is 3.43. The van der Waals surface area contributed by atoms with Crippen LogP contribution in [-0.2, 0) is 6.54 Å². The number of hydrogen-bond donors (Lipinski definition) is 1. The van der Waals surface area contributed by atoms with Crippen LogP contribution < -0.4 is 5.32 Å². The maximum absolute atomic E-state index is 13.2. The summed E-state index contributed by atoms with van der Waals surface area (Å²) in [4.78, 5) is 0. The van der Waals surface area contributed by atoms with Crippen molar-refractivity contribution in [2.24, 2.45) is 5.41 Å². The number of hydrogen-bond acceptors (Lipinski definition) is 1. The fourth-order valence-electron chi connectivity index (χ4n) is 1.71. The Bertz CT molecular complexity index is 376. The standard InChI is InChI=1S/C12H15BrFN/c1-12(2)6-11(12)15-7-8-3-4-9(13)10(14)5-8/h3-5,11,15H,6-7H2,1-2H3. The number of benzene rings is 1. The predicted octanol–water partition coefficient (Wildman–Crippen LogP) is 3.48. The molecule has 2 rings (SSSR count). The van der Waals surface area contributed by atoms with E-state index in [1.807, 2.05) is 6.07 Å². The Labute approximate surface area is 98.2 Å². The highest BCUT2D eigenvalue weighted by Crippen LogP contribution is 2.44. The van der Waals surface area contributed by atoms with Crippen molar-refractivity contribution in [3.63, 3.8) is 0 Å². The summed E-state index contributed by atoms with van der Waals surface area (Å²) >= 11 is 3.14. The highest BCUT2D eigenvalue weighted by atomic mass is 79.9. The lowest BCUT2D eigenvalue weighted by molar-refractivity contribution is 0.540. The van der Waals surface area contributed by atoms with Gasteiger partial charge in [0, 0.05) is 12.6 Å². The van der Waals surface area contributed by atoms with Crippen molar-refractivity contribution in [2.45, 2.75) is 32.9 Å². The third-order valence-corrected chi connectivity index (χ3v) is 3.69. The molecule has 1 aromatic carbocycles. The molecule has 1 unspecified atom stereocenters. The first-order valence-electron chi connectivity index (χ1n) is 5.16. The Morgan fingerprint density at radius 2 is 2.20 bits per heavy atom. The molecule has 0 saturated heterocycles. The average molecular weight is 272 g/mol. The fraction of sp³-hybridized carbons (Fsp3) is 0.500. The SMILES string of the molecule is CC1(C)CC1NCc1ccc(Br)c(F)c1. The minimum Gasteiger partial charge on any atom is -0.309 e. The summed E-state index contributed by atoms with van der Waals surface area (Å²) < 4.78 is 13.7. The van der Waals surface area contributed by atoms with Crippen LogP contribution in [0.25, 0.3) is 0 Å². The second-order valence-electron chi connectivity index (χ2n) is 4.87. The van der Waals surface area contributed by atoms with Gasteiger partial charge in [0.15, 0.2) is 0 Å². The lowest BCUT2D eigenvalue weighted by Gasteiger charge is -2.07. The van der Waals surface area contributed by atoms with E-state index in [2.05, 4.69) is 35.1 Å². The van der Waals surface area contributed by atoms with E-state index in [4.69, 9.17) is 0 Å². The smallest absolute Gasteiger partial charge is 0.137 e. The first kappa shape index (κ1) is 11.1. The minimum atomic E-state index is -0.190. The second kappa shape index (κ2) is 3.87. The van der Waals surface area contributed by atoms with Gasteiger partial charge in [0.25, 0.3) is 0 Å². The van der Waals surface area contributed by atoms with Crippen molar-refractivity contribution >= 4 is 15.9 Å². The van der Waals surface area contributed by atoms with Gasteiger partial charge in [-0.25, -0.2) is 4.39 Å². The molecular formula is C12H15BrFN. The Kier molecular flexibility index (Phi) is 2.86. The zero-order valence-electron chi connectivity index (χ0n) is 8.98. The molecule has 1 fully saturated rings. The van der Waals surface area contributed by atoms with Crippen LogP contribution >= 0.6 is 15.9 Å².